The van der Waals surface area contributed by atoms with E-state index in [1.807, 2.05) is 0 Å². The van der Waals surface area contributed by atoms with E-state index in [0.717, 1.165) is 4.90 Å². The number of nitrogens with zero attached hydrogens (tertiary/aromatic N) is 4. The minimum absolute atomic E-state index is 0.0210. The molecule has 2 aromatic heterocycles. The van der Waals surface area contributed by atoms with Crippen molar-refractivity contribution < 1.29 is 31.1 Å². The van der Waals surface area contributed by atoms with Crippen molar-refractivity contribution in [2.75, 3.05) is 25.5 Å². The summed E-state index contributed by atoms with van der Waals surface area (Å²) in [6, 6.07) is 0.837. The summed E-state index contributed by atoms with van der Waals surface area (Å²) in [5.74, 6) is -6.89. The molecule has 0 saturated carbocycles. The first-order chi connectivity index (χ1) is 16.8. The fourth-order valence-electron chi connectivity index (χ4n) is 3.89. The van der Waals surface area contributed by atoms with Gasteiger partial charge in [-0.3, -0.25) is 10.2 Å². The number of halogens is 6. The lowest BCUT2D eigenvalue weighted by atomic mass is 9.87. The maximum absolute atomic E-state index is 14.4. The number of aromatic nitrogens is 3. The van der Waals surface area contributed by atoms with Crippen LogP contribution >= 0.6 is 0 Å². The Kier molecular flexibility index (Phi) is 7.84. The van der Waals surface area contributed by atoms with Gasteiger partial charge in [0.05, 0.1) is 23.7 Å². The summed E-state index contributed by atoms with van der Waals surface area (Å²) < 4.78 is 81.4. The van der Waals surface area contributed by atoms with E-state index >= 15 is 0 Å². The zero-order chi connectivity index (χ0) is 26.7. The third-order valence-electron chi connectivity index (χ3n) is 5.57. The van der Waals surface area contributed by atoms with Gasteiger partial charge in [-0.25, -0.2) is 28.1 Å². The first kappa shape index (κ1) is 26.9. The number of piperidine rings is 1. The Labute approximate surface area is 202 Å². The molecule has 14 heteroatoms. The average Bonchev–Trinajstić information content (AvgIpc) is 2.80. The Balaban J connectivity index is 1.86. The number of carbonyl (C=O) groups is 1. The lowest BCUT2D eigenvalue weighted by Gasteiger charge is -2.43. The van der Waals surface area contributed by atoms with Crippen LogP contribution in [-0.2, 0) is 11.0 Å². The SMILES string of the molecule is CN/C=C(\C(=N)C(=O)N1CC(F)(F)C[C@@H](C)C1CNc1ncc(C(F)(F)F)cc1F)c1ncccn1. The summed E-state index contributed by atoms with van der Waals surface area (Å²) in [7, 11) is 1.51. The second kappa shape index (κ2) is 10.5. The van der Waals surface area contributed by atoms with Crippen LogP contribution in [0.5, 0.6) is 0 Å². The molecule has 1 unspecified atom stereocenters. The van der Waals surface area contributed by atoms with Crippen molar-refractivity contribution in [2.24, 2.45) is 5.92 Å². The van der Waals surface area contributed by atoms with Gasteiger partial charge in [-0.1, -0.05) is 6.92 Å². The van der Waals surface area contributed by atoms with Gasteiger partial charge >= 0.3 is 6.18 Å². The van der Waals surface area contributed by atoms with Crippen molar-refractivity contribution in [1.82, 2.24) is 25.2 Å². The zero-order valence-corrected chi connectivity index (χ0v) is 19.2. The smallest absolute Gasteiger partial charge is 0.393 e. The van der Waals surface area contributed by atoms with Crippen molar-refractivity contribution in [1.29, 1.82) is 5.41 Å². The van der Waals surface area contributed by atoms with Crippen LogP contribution in [0.1, 0.15) is 24.7 Å². The molecule has 0 aromatic carbocycles. The summed E-state index contributed by atoms with van der Waals surface area (Å²) in [5, 5.41) is 13.6. The minimum atomic E-state index is -4.79. The first-order valence-corrected chi connectivity index (χ1v) is 10.7. The summed E-state index contributed by atoms with van der Waals surface area (Å²) in [4.78, 5) is 25.5. The van der Waals surface area contributed by atoms with Crippen molar-refractivity contribution in [2.45, 2.75) is 31.5 Å². The van der Waals surface area contributed by atoms with Crippen LogP contribution in [0.25, 0.3) is 5.57 Å². The monoisotopic (exact) mass is 515 g/mol. The summed E-state index contributed by atoms with van der Waals surface area (Å²) >= 11 is 0. The number of pyridine rings is 1. The number of anilines is 1. The molecule has 3 heterocycles. The maximum atomic E-state index is 14.4. The van der Waals surface area contributed by atoms with Crippen LogP contribution in [0.3, 0.4) is 0 Å². The predicted octanol–water partition coefficient (Wildman–Crippen LogP) is 3.59. The number of amides is 1. The van der Waals surface area contributed by atoms with Gasteiger partial charge in [-0.2, -0.15) is 13.2 Å². The van der Waals surface area contributed by atoms with Crippen LogP contribution in [-0.4, -0.2) is 63.6 Å². The van der Waals surface area contributed by atoms with Crippen molar-refractivity contribution in [3.05, 3.63) is 54.1 Å². The fourth-order valence-corrected chi connectivity index (χ4v) is 3.89. The molecule has 0 spiro atoms. The molecule has 2 atom stereocenters. The van der Waals surface area contributed by atoms with Gasteiger partial charge in [0.15, 0.2) is 17.5 Å². The molecule has 0 bridgehead atoms. The standard InChI is InChI=1S/C22H23F6N7O/c1-12-7-21(24,25)11-35(20(36)17(29)14(9-30-2)18-31-4-3-5-32-18)16(12)10-34-19-15(23)6-13(8-33-19)22(26,27)28/h3-6,8-9,12,16,29-30H,7,10-11H2,1-2H3,(H,33,34)/b14-9+,29-17?/t12-,16?/m1/s1. The van der Waals surface area contributed by atoms with Crippen LogP contribution in [0.2, 0.25) is 0 Å². The second-order valence-corrected chi connectivity index (χ2v) is 8.26. The Hall–Kier alpha value is -3.71. The molecule has 2 aromatic rings. The molecule has 8 nitrogen and oxygen atoms in total. The molecule has 3 rings (SSSR count). The molecule has 194 valence electrons. The van der Waals surface area contributed by atoms with E-state index in [1.54, 1.807) is 0 Å². The van der Waals surface area contributed by atoms with E-state index in [0.29, 0.717) is 6.20 Å². The number of alkyl halides is 5. The zero-order valence-electron chi connectivity index (χ0n) is 19.2. The van der Waals surface area contributed by atoms with E-state index in [2.05, 4.69) is 25.6 Å². The average molecular weight is 515 g/mol. The van der Waals surface area contributed by atoms with Crippen LogP contribution in [0.4, 0.5) is 32.2 Å². The Morgan fingerprint density at radius 3 is 2.53 bits per heavy atom. The molecular formula is C22H23F6N7O. The van der Waals surface area contributed by atoms with Crippen molar-refractivity contribution >= 4 is 23.0 Å². The maximum Gasteiger partial charge on any atom is 0.417 e. The molecule has 1 aliphatic rings. The highest BCUT2D eigenvalue weighted by molar-refractivity contribution is 6.54. The van der Waals surface area contributed by atoms with Gasteiger partial charge in [0.1, 0.15) is 5.71 Å². The molecule has 1 saturated heterocycles. The van der Waals surface area contributed by atoms with Gasteiger partial charge in [-0.15, -0.1) is 0 Å². The summed E-state index contributed by atoms with van der Waals surface area (Å²) in [5.41, 5.74) is -1.97. The molecule has 1 fully saturated rings. The fraction of sp³-hybridized carbons (Fsp3) is 0.409. The number of nitrogens with one attached hydrogen (secondary N) is 3. The Bertz CT molecular complexity index is 1140. The van der Waals surface area contributed by atoms with E-state index in [-0.39, 0.29) is 24.0 Å². The molecule has 1 aliphatic heterocycles. The number of carbonyl (C=O) groups excluding carboxylic acids is 1. The second-order valence-electron chi connectivity index (χ2n) is 8.26. The van der Waals surface area contributed by atoms with Gasteiger partial charge < -0.3 is 15.5 Å². The number of hydrogen-bond donors (Lipinski definition) is 3. The van der Waals surface area contributed by atoms with Gasteiger partial charge in [0.25, 0.3) is 11.8 Å². The predicted molar refractivity (Wildman–Crippen MR) is 119 cm³/mol. The van der Waals surface area contributed by atoms with Crippen molar-refractivity contribution in [3.63, 3.8) is 0 Å². The normalized spacial score (nSPS) is 20.1. The molecule has 0 aliphatic carbocycles. The highest BCUT2D eigenvalue weighted by Gasteiger charge is 2.47. The van der Waals surface area contributed by atoms with E-state index in [9.17, 15) is 31.1 Å². The lowest BCUT2D eigenvalue weighted by molar-refractivity contribution is -0.145. The van der Waals surface area contributed by atoms with Gasteiger partial charge in [-0.05, 0) is 18.1 Å². The number of likely N-dealkylation sites (tertiary alicyclic amines) is 1. The van der Waals surface area contributed by atoms with Crippen LogP contribution in [0, 0.1) is 17.1 Å². The summed E-state index contributed by atoms with van der Waals surface area (Å²) in [6.45, 7) is 0.166. The van der Waals surface area contributed by atoms with Crippen LogP contribution in [0.15, 0.2) is 36.9 Å². The van der Waals surface area contributed by atoms with Gasteiger partial charge in [0, 0.05) is 44.8 Å². The third kappa shape index (κ3) is 6.10. The van der Waals surface area contributed by atoms with Crippen molar-refractivity contribution in [3.8, 4) is 0 Å². The molecular weight excluding hydrogens is 492 g/mol. The molecule has 0 radical (unpaired) electrons. The van der Waals surface area contributed by atoms with Gasteiger partial charge in [0.2, 0.25) is 0 Å². The molecule has 36 heavy (non-hydrogen) atoms. The van der Waals surface area contributed by atoms with E-state index in [4.69, 9.17) is 5.41 Å². The first-order valence-electron chi connectivity index (χ1n) is 10.7. The highest BCUT2D eigenvalue weighted by Crippen LogP contribution is 2.35. The number of hydrogen-bond acceptors (Lipinski definition) is 7. The largest absolute Gasteiger partial charge is 0.417 e. The Morgan fingerprint density at radius 2 is 1.94 bits per heavy atom. The minimum Gasteiger partial charge on any atom is -0.393 e. The molecule has 1 amide bonds. The van der Waals surface area contributed by atoms with Crippen LogP contribution < -0.4 is 10.6 Å². The van der Waals surface area contributed by atoms with E-state index in [1.165, 1.54) is 38.6 Å². The molecule has 3 N–H and O–H groups in total. The quantitative estimate of drug-likeness (QED) is 0.385. The third-order valence-corrected chi connectivity index (χ3v) is 5.57. The number of rotatable bonds is 7. The van der Waals surface area contributed by atoms with E-state index < -0.39 is 65.8 Å². The highest BCUT2D eigenvalue weighted by atomic mass is 19.4. The Morgan fingerprint density at radius 1 is 1.28 bits per heavy atom. The lowest BCUT2D eigenvalue weighted by Crippen LogP contribution is -2.59. The summed E-state index contributed by atoms with van der Waals surface area (Å²) in [6.07, 6.45) is -0.869. The topological polar surface area (TPSA) is 107 Å².